The third-order valence-corrected chi connectivity index (χ3v) is 6.19. The van der Waals surface area contributed by atoms with Crippen LogP contribution in [0.2, 0.25) is 0 Å². The highest BCUT2D eigenvalue weighted by Crippen LogP contribution is 2.29. The number of aromatic nitrogens is 4. The summed E-state index contributed by atoms with van der Waals surface area (Å²) < 4.78 is 13.7. The topological polar surface area (TPSA) is 86.8 Å². The van der Waals surface area contributed by atoms with Crippen LogP contribution in [0.5, 0.6) is 0 Å². The molecular formula is C25H25FN6O. The lowest BCUT2D eigenvalue weighted by Gasteiger charge is -2.32. The molecule has 0 bridgehead atoms. The molecule has 4 heterocycles. The van der Waals surface area contributed by atoms with Crippen LogP contribution in [0.15, 0.2) is 48.8 Å². The summed E-state index contributed by atoms with van der Waals surface area (Å²) >= 11 is 0. The summed E-state index contributed by atoms with van der Waals surface area (Å²) in [5.41, 5.74) is 4.04. The van der Waals surface area contributed by atoms with Gasteiger partial charge in [0.25, 0.3) is 5.91 Å². The molecule has 0 spiro atoms. The van der Waals surface area contributed by atoms with Gasteiger partial charge >= 0.3 is 0 Å². The number of amides is 1. The molecule has 1 aromatic carbocycles. The summed E-state index contributed by atoms with van der Waals surface area (Å²) in [5, 5.41) is 3.89. The zero-order chi connectivity index (χ0) is 22.9. The molecule has 0 aliphatic carbocycles. The minimum Gasteiger partial charge on any atom is -0.350 e. The van der Waals surface area contributed by atoms with Crippen LogP contribution in [0, 0.1) is 19.7 Å². The Bertz CT molecular complexity index is 1320. The molecule has 1 amide bonds. The van der Waals surface area contributed by atoms with Crippen molar-refractivity contribution in [3.8, 4) is 0 Å². The lowest BCUT2D eigenvalue weighted by molar-refractivity contribution is 0.0700. The number of nitrogens with one attached hydrogen (secondary N) is 2. The second kappa shape index (κ2) is 8.61. The molecule has 2 N–H and O–H groups in total. The fourth-order valence-electron chi connectivity index (χ4n) is 4.39. The molecule has 0 saturated carbocycles. The number of hydrogen-bond donors (Lipinski definition) is 2. The van der Waals surface area contributed by atoms with Crippen molar-refractivity contribution in [1.82, 2.24) is 24.8 Å². The van der Waals surface area contributed by atoms with Gasteiger partial charge in [-0.1, -0.05) is 6.07 Å². The van der Waals surface area contributed by atoms with Crippen LogP contribution < -0.4 is 5.32 Å². The van der Waals surface area contributed by atoms with E-state index in [0.29, 0.717) is 30.5 Å². The van der Waals surface area contributed by atoms with Crippen molar-refractivity contribution in [3.63, 3.8) is 0 Å². The Hall–Kier alpha value is -3.81. The zero-order valence-corrected chi connectivity index (χ0v) is 18.6. The van der Waals surface area contributed by atoms with Gasteiger partial charge < -0.3 is 15.2 Å². The van der Waals surface area contributed by atoms with Gasteiger partial charge in [0, 0.05) is 42.3 Å². The highest BCUT2D eigenvalue weighted by atomic mass is 19.1. The van der Waals surface area contributed by atoms with Crippen molar-refractivity contribution in [2.45, 2.75) is 32.6 Å². The molecule has 1 saturated heterocycles. The number of hydrogen-bond acceptors (Lipinski definition) is 5. The first-order valence-corrected chi connectivity index (χ1v) is 11.1. The average Bonchev–Trinajstić information content (AvgIpc) is 3.16. The van der Waals surface area contributed by atoms with E-state index in [1.165, 1.54) is 12.1 Å². The number of benzene rings is 1. The molecule has 0 radical (unpaired) electrons. The molecule has 3 aromatic heterocycles. The minimum absolute atomic E-state index is 0.0648. The van der Waals surface area contributed by atoms with E-state index in [-0.39, 0.29) is 17.6 Å². The minimum atomic E-state index is -0.310. The number of aryl methyl sites for hydroxylation is 2. The van der Waals surface area contributed by atoms with Gasteiger partial charge in [-0.15, -0.1) is 0 Å². The van der Waals surface area contributed by atoms with Crippen molar-refractivity contribution < 1.29 is 9.18 Å². The van der Waals surface area contributed by atoms with Crippen molar-refractivity contribution >= 4 is 28.6 Å². The first-order valence-electron chi connectivity index (χ1n) is 11.1. The predicted molar refractivity (Wildman–Crippen MR) is 125 cm³/mol. The first kappa shape index (κ1) is 21.1. The molecular weight excluding hydrogens is 419 g/mol. The molecule has 1 unspecified atom stereocenters. The van der Waals surface area contributed by atoms with E-state index in [1.54, 1.807) is 18.5 Å². The average molecular weight is 445 g/mol. The van der Waals surface area contributed by atoms with Gasteiger partial charge in [-0.3, -0.25) is 4.79 Å². The molecule has 4 aromatic rings. The largest absolute Gasteiger partial charge is 0.350 e. The molecule has 7 nitrogen and oxygen atoms in total. The van der Waals surface area contributed by atoms with E-state index in [0.717, 1.165) is 40.6 Å². The number of piperidine rings is 1. The smallest absolute Gasteiger partial charge is 0.270 e. The van der Waals surface area contributed by atoms with Crippen LogP contribution >= 0.6 is 0 Å². The number of nitrogens with zero attached hydrogens (tertiary/aromatic N) is 4. The van der Waals surface area contributed by atoms with E-state index in [9.17, 15) is 9.18 Å². The lowest BCUT2D eigenvalue weighted by Crippen LogP contribution is -2.39. The maximum atomic E-state index is 13.7. The Morgan fingerprint density at radius 2 is 2.06 bits per heavy atom. The molecule has 1 aliphatic rings. The van der Waals surface area contributed by atoms with Crippen LogP contribution in [-0.4, -0.2) is 43.8 Å². The van der Waals surface area contributed by atoms with Crippen molar-refractivity contribution in [1.29, 1.82) is 0 Å². The van der Waals surface area contributed by atoms with Gasteiger partial charge in [-0.25, -0.2) is 19.3 Å². The second-order valence-corrected chi connectivity index (χ2v) is 8.56. The van der Waals surface area contributed by atoms with Gasteiger partial charge in [-0.05, 0) is 68.1 Å². The highest BCUT2D eigenvalue weighted by Gasteiger charge is 2.28. The zero-order valence-electron chi connectivity index (χ0n) is 18.6. The number of fused-ring (bicyclic) bond motifs is 1. The van der Waals surface area contributed by atoms with Crippen molar-refractivity contribution in [2.24, 2.45) is 0 Å². The van der Waals surface area contributed by atoms with Crippen molar-refractivity contribution in [3.05, 3.63) is 77.1 Å². The van der Waals surface area contributed by atoms with E-state index >= 15 is 0 Å². The van der Waals surface area contributed by atoms with E-state index in [1.807, 2.05) is 36.9 Å². The Labute approximate surface area is 191 Å². The number of carbonyl (C=O) groups excluding carboxylic acids is 1. The monoisotopic (exact) mass is 444 g/mol. The number of H-pyrrole nitrogens is 1. The molecule has 1 fully saturated rings. The quantitative estimate of drug-likeness (QED) is 0.469. The summed E-state index contributed by atoms with van der Waals surface area (Å²) in [6.45, 7) is 5.09. The number of rotatable bonds is 4. The summed E-state index contributed by atoms with van der Waals surface area (Å²) in [4.78, 5) is 31.7. The number of anilines is 2. The first-order chi connectivity index (χ1) is 16.0. The fourth-order valence-corrected chi connectivity index (χ4v) is 4.39. The molecule has 5 rings (SSSR count). The highest BCUT2D eigenvalue weighted by molar-refractivity contribution is 6.01. The lowest BCUT2D eigenvalue weighted by atomic mass is 9.94. The van der Waals surface area contributed by atoms with E-state index in [4.69, 9.17) is 4.98 Å². The third kappa shape index (κ3) is 4.28. The maximum Gasteiger partial charge on any atom is 0.270 e. The molecule has 1 aliphatic heterocycles. The maximum absolute atomic E-state index is 13.7. The van der Waals surface area contributed by atoms with E-state index in [2.05, 4.69) is 20.3 Å². The van der Waals surface area contributed by atoms with Gasteiger partial charge in [0.1, 0.15) is 17.3 Å². The van der Waals surface area contributed by atoms with Crippen LogP contribution in [0.3, 0.4) is 0 Å². The summed E-state index contributed by atoms with van der Waals surface area (Å²) in [7, 11) is 0. The molecule has 8 heteroatoms. The second-order valence-electron chi connectivity index (χ2n) is 8.56. The van der Waals surface area contributed by atoms with Gasteiger partial charge in [0.15, 0.2) is 0 Å². The summed E-state index contributed by atoms with van der Waals surface area (Å²) in [6.07, 6.45) is 5.35. The van der Waals surface area contributed by atoms with Crippen LogP contribution in [0.25, 0.3) is 10.9 Å². The fraction of sp³-hybridized carbons (Fsp3) is 0.280. The molecule has 168 valence electrons. The SMILES string of the molecule is Cc1ccc(Nc2nccc(C3CCCN(C(=O)c4[nH]c5ccc(F)cc5c4C)C3)n2)nc1. The number of pyridine rings is 1. The number of halogens is 1. The standard InChI is InChI=1S/C25H25FN6O/c1-15-5-8-22(28-13-15)31-25-27-10-9-20(30-25)17-4-3-11-32(14-17)24(33)23-16(2)19-12-18(26)6-7-21(19)29-23/h5-10,12-13,17,29H,3-4,11,14H2,1-2H3,(H,27,28,30,31). The van der Waals surface area contributed by atoms with Crippen LogP contribution in [0.1, 0.15) is 46.1 Å². The van der Waals surface area contributed by atoms with Gasteiger partial charge in [0.05, 0.1) is 5.69 Å². The van der Waals surface area contributed by atoms with E-state index < -0.39 is 0 Å². The van der Waals surface area contributed by atoms with Crippen molar-refractivity contribution in [2.75, 3.05) is 18.4 Å². The summed E-state index contributed by atoms with van der Waals surface area (Å²) in [5.74, 6) is 0.907. The number of likely N-dealkylation sites (tertiary alicyclic amines) is 1. The number of carbonyl (C=O) groups is 1. The predicted octanol–water partition coefficient (Wildman–Crippen LogP) is 4.87. The Balaban J connectivity index is 1.34. The van der Waals surface area contributed by atoms with Gasteiger partial charge in [-0.2, -0.15) is 0 Å². The van der Waals surface area contributed by atoms with Crippen LogP contribution in [0.4, 0.5) is 16.2 Å². The Morgan fingerprint density at radius 1 is 1.18 bits per heavy atom. The third-order valence-electron chi connectivity index (χ3n) is 6.19. The Kier molecular flexibility index (Phi) is 5.50. The molecule has 1 atom stereocenters. The van der Waals surface area contributed by atoms with Crippen LogP contribution in [-0.2, 0) is 0 Å². The Morgan fingerprint density at radius 3 is 2.88 bits per heavy atom. The normalized spacial score (nSPS) is 16.2. The molecule has 33 heavy (non-hydrogen) atoms. The summed E-state index contributed by atoms with van der Waals surface area (Å²) in [6, 6.07) is 10.3. The van der Waals surface area contributed by atoms with Gasteiger partial charge in [0.2, 0.25) is 5.95 Å². The number of aromatic amines is 1.